The minimum absolute atomic E-state index is 0.0123. The van der Waals surface area contributed by atoms with Crippen molar-refractivity contribution in [3.8, 4) is 11.5 Å². The van der Waals surface area contributed by atoms with Crippen LogP contribution in [0.3, 0.4) is 0 Å². The lowest BCUT2D eigenvalue weighted by atomic mass is 10.2. The van der Waals surface area contributed by atoms with Crippen LogP contribution in [0.25, 0.3) is 0 Å². The summed E-state index contributed by atoms with van der Waals surface area (Å²) in [6.07, 6.45) is 0.828. The van der Waals surface area contributed by atoms with Crippen molar-refractivity contribution >= 4 is 16.5 Å². The Labute approximate surface area is 124 Å². The number of benzene rings is 1. The normalized spacial score (nSPS) is 10.7. The summed E-state index contributed by atoms with van der Waals surface area (Å²) >= 11 is 1.47. The topological polar surface area (TPSA) is 56.3 Å². The van der Waals surface area contributed by atoms with Gasteiger partial charge in [0.1, 0.15) is 5.01 Å². The average molecular weight is 315 g/mol. The zero-order valence-corrected chi connectivity index (χ0v) is 12.4. The van der Waals surface area contributed by atoms with E-state index in [1.807, 2.05) is 6.92 Å². The average Bonchev–Trinajstić information content (AvgIpc) is 2.93. The number of aryl methyl sites for hydroxylation is 1. The predicted molar refractivity (Wildman–Crippen MR) is 76.2 cm³/mol. The van der Waals surface area contributed by atoms with Gasteiger partial charge in [-0.05, 0) is 24.1 Å². The molecule has 0 saturated heterocycles. The van der Waals surface area contributed by atoms with Crippen molar-refractivity contribution in [2.75, 3.05) is 12.4 Å². The van der Waals surface area contributed by atoms with Crippen LogP contribution < -0.4 is 14.8 Å². The largest absolute Gasteiger partial charge is 0.493 e. The summed E-state index contributed by atoms with van der Waals surface area (Å²) in [7, 11) is 1.40. The molecule has 5 nitrogen and oxygen atoms in total. The highest BCUT2D eigenvalue weighted by atomic mass is 32.1. The Morgan fingerprint density at radius 3 is 2.71 bits per heavy atom. The van der Waals surface area contributed by atoms with E-state index in [9.17, 15) is 8.78 Å². The van der Waals surface area contributed by atoms with Gasteiger partial charge in [0.05, 0.1) is 7.11 Å². The molecule has 2 rings (SSSR count). The van der Waals surface area contributed by atoms with Crippen LogP contribution in [0.2, 0.25) is 0 Å². The summed E-state index contributed by atoms with van der Waals surface area (Å²) in [6, 6.07) is 4.87. The van der Waals surface area contributed by atoms with Crippen LogP contribution in [-0.2, 0) is 13.0 Å². The lowest BCUT2D eigenvalue weighted by molar-refractivity contribution is -0.0512. The van der Waals surface area contributed by atoms with E-state index in [4.69, 9.17) is 4.74 Å². The fraction of sp³-hybridized carbons (Fsp3) is 0.385. The Bertz CT molecular complexity index is 593. The molecule has 0 unspecified atom stereocenters. The molecule has 2 aromatic rings. The third-order valence-electron chi connectivity index (χ3n) is 2.66. The molecule has 114 valence electrons. The Morgan fingerprint density at radius 2 is 2.10 bits per heavy atom. The minimum Gasteiger partial charge on any atom is -0.493 e. The van der Waals surface area contributed by atoms with Gasteiger partial charge in [0.2, 0.25) is 5.13 Å². The molecule has 0 atom stereocenters. The number of halogens is 2. The zero-order valence-electron chi connectivity index (χ0n) is 11.6. The van der Waals surface area contributed by atoms with E-state index in [2.05, 4.69) is 20.3 Å². The van der Waals surface area contributed by atoms with Crippen molar-refractivity contribution in [2.45, 2.75) is 26.5 Å². The van der Waals surface area contributed by atoms with Gasteiger partial charge in [0, 0.05) is 6.54 Å². The SMILES string of the molecule is CCc1nnc(NCc2ccc(OC)c(OC(F)F)c2)s1. The second-order valence-electron chi connectivity index (χ2n) is 4.07. The van der Waals surface area contributed by atoms with Crippen molar-refractivity contribution < 1.29 is 18.3 Å². The third kappa shape index (κ3) is 4.25. The molecule has 1 aromatic heterocycles. The quantitative estimate of drug-likeness (QED) is 0.849. The van der Waals surface area contributed by atoms with E-state index in [0.29, 0.717) is 11.7 Å². The highest BCUT2D eigenvalue weighted by Gasteiger charge is 2.11. The van der Waals surface area contributed by atoms with E-state index in [1.54, 1.807) is 12.1 Å². The van der Waals surface area contributed by atoms with Crippen molar-refractivity contribution in [1.82, 2.24) is 10.2 Å². The maximum Gasteiger partial charge on any atom is 0.387 e. The fourth-order valence-electron chi connectivity index (χ4n) is 1.66. The molecular formula is C13H15F2N3O2S. The molecule has 8 heteroatoms. The first-order chi connectivity index (χ1) is 10.1. The molecule has 0 radical (unpaired) electrons. The van der Waals surface area contributed by atoms with Crippen LogP contribution >= 0.6 is 11.3 Å². The van der Waals surface area contributed by atoms with Crippen molar-refractivity contribution in [1.29, 1.82) is 0 Å². The summed E-state index contributed by atoms with van der Waals surface area (Å²) in [4.78, 5) is 0. The van der Waals surface area contributed by atoms with Gasteiger partial charge >= 0.3 is 6.61 Å². The van der Waals surface area contributed by atoms with Crippen molar-refractivity contribution in [3.05, 3.63) is 28.8 Å². The van der Waals surface area contributed by atoms with E-state index in [0.717, 1.165) is 17.0 Å². The molecule has 0 amide bonds. The molecule has 0 aliphatic rings. The number of ether oxygens (including phenoxy) is 2. The molecule has 0 fully saturated rings. The number of hydrogen-bond acceptors (Lipinski definition) is 6. The molecule has 0 spiro atoms. The minimum atomic E-state index is -2.89. The van der Waals surface area contributed by atoms with Crippen LogP contribution in [0, 0.1) is 0 Å². The van der Waals surface area contributed by atoms with E-state index >= 15 is 0 Å². The summed E-state index contributed by atoms with van der Waals surface area (Å²) < 4.78 is 34.1. The Balaban J connectivity index is 2.05. The fourth-order valence-corrected chi connectivity index (χ4v) is 2.34. The van der Waals surface area contributed by atoms with Crippen LogP contribution in [0.5, 0.6) is 11.5 Å². The second-order valence-corrected chi connectivity index (χ2v) is 5.13. The molecule has 0 aliphatic carbocycles. The van der Waals surface area contributed by atoms with Crippen LogP contribution in [0.15, 0.2) is 18.2 Å². The number of rotatable bonds is 7. The van der Waals surface area contributed by atoms with Gasteiger partial charge in [-0.2, -0.15) is 8.78 Å². The zero-order chi connectivity index (χ0) is 15.2. The first-order valence-corrected chi connectivity index (χ1v) is 7.12. The smallest absolute Gasteiger partial charge is 0.387 e. The van der Waals surface area contributed by atoms with E-state index in [1.165, 1.54) is 24.5 Å². The molecule has 1 N–H and O–H groups in total. The molecule has 1 heterocycles. The molecule has 0 bridgehead atoms. The van der Waals surface area contributed by atoms with Crippen LogP contribution in [0.1, 0.15) is 17.5 Å². The maximum atomic E-state index is 12.4. The molecule has 21 heavy (non-hydrogen) atoms. The number of nitrogens with zero attached hydrogens (tertiary/aromatic N) is 2. The monoisotopic (exact) mass is 315 g/mol. The number of alkyl halides is 2. The first kappa shape index (κ1) is 15.4. The lowest BCUT2D eigenvalue weighted by Gasteiger charge is -2.11. The molecule has 0 aliphatic heterocycles. The Kier molecular flexibility index (Phi) is 5.26. The number of methoxy groups -OCH3 is 1. The lowest BCUT2D eigenvalue weighted by Crippen LogP contribution is -2.05. The summed E-state index contributed by atoms with van der Waals surface area (Å²) in [5, 5.41) is 12.7. The highest BCUT2D eigenvalue weighted by Crippen LogP contribution is 2.29. The van der Waals surface area contributed by atoms with E-state index < -0.39 is 6.61 Å². The standard InChI is InChI=1S/C13H15F2N3O2S/c1-3-11-17-18-13(21-11)16-7-8-4-5-9(19-2)10(6-8)20-12(14)15/h4-6,12H,3,7H2,1-2H3,(H,16,18). The second kappa shape index (κ2) is 7.16. The van der Waals surface area contributed by atoms with Gasteiger partial charge in [0.15, 0.2) is 11.5 Å². The summed E-state index contributed by atoms with van der Waals surface area (Å²) in [5.41, 5.74) is 0.777. The molecule has 1 aromatic carbocycles. The number of nitrogens with one attached hydrogen (secondary N) is 1. The number of aromatic nitrogens is 2. The van der Waals surface area contributed by atoms with Gasteiger partial charge in [-0.25, -0.2) is 0 Å². The number of anilines is 1. The molecular weight excluding hydrogens is 300 g/mol. The number of hydrogen-bond donors (Lipinski definition) is 1. The van der Waals surface area contributed by atoms with Crippen molar-refractivity contribution in [3.63, 3.8) is 0 Å². The van der Waals surface area contributed by atoms with Crippen LogP contribution in [-0.4, -0.2) is 23.9 Å². The van der Waals surface area contributed by atoms with Gasteiger partial charge in [0.25, 0.3) is 0 Å². The summed E-state index contributed by atoms with van der Waals surface area (Å²) in [6.45, 7) is -0.457. The first-order valence-electron chi connectivity index (χ1n) is 6.30. The predicted octanol–water partition coefficient (Wildman–Crippen LogP) is 3.32. The summed E-state index contributed by atoms with van der Waals surface area (Å²) in [5.74, 6) is 0.279. The van der Waals surface area contributed by atoms with E-state index in [-0.39, 0.29) is 11.5 Å². The highest BCUT2D eigenvalue weighted by molar-refractivity contribution is 7.15. The Morgan fingerprint density at radius 1 is 1.29 bits per heavy atom. The van der Waals surface area contributed by atoms with Crippen molar-refractivity contribution in [2.24, 2.45) is 0 Å². The maximum absolute atomic E-state index is 12.4. The third-order valence-corrected chi connectivity index (χ3v) is 3.68. The van der Waals surface area contributed by atoms with Gasteiger partial charge < -0.3 is 14.8 Å². The Hall–Kier alpha value is -1.96. The van der Waals surface area contributed by atoms with Gasteiger partial charge in [-0.15, -0.1) is 10.2 Å². The van der Waals surface area contributed by atoms with Crippen LogP contribution in [0.4, 0.5) is 13.9 Å². The van der Waals surface area contributed by atoms with Gasteiger partial charge in [-0.1, -0.05) is 24.3 Å². The molecule has 0 saturated carbocycles. The van der Waals surface area contributed by atoms with Gasteiger partial charge in [-0.3, -0.25) is 0 Å².